The summed E-state index contributed by atoms with van der Waals surface area (Å²) >= 11 is 13.8. The zero-order chi connectivity index (χ0) is 31.9. The highest BCUT2D eigenvalue weighted by atomic mass is 35.5. The first-order valence-corrected chi connectivity index (χ1v) is 16.2. The van der Waals surface area contributed by atoms with Crippen LogP contribution in [0.4, 0.5) is 5.69 Å². The molecule has 4 aromatic rings. The second-order valence-electron chi connectivity index (χ2n) is 10.9. The number of thiophene rings is 1. The summed E-state index contributed by atoms with van der Waals surface area (Å²) in [6, 6.07) is 23.2. The molecule has 1 aliphatic rings. The number of carbonyl (C=O) groups excluding carboxylic acids is 3. The van der Waals surface area contributed by atoms with Crippen LogP contribution in [0.3, 0.4) is 0 Å². The van der Waals surface area contributed by atoms with Crippen molar-refractivity contribution >= 4 is 57.9 Å². The average molecular weight is 667 g/mol. The molecule has 7 nitrogen and oxygen atoms in total. The Morgan fingerprint density at radius 1 is 0.933 bits per heavy atom. The van der Waals surface area contributed by atoms with Gasteiger partial charge in [0.2, 0.25) is 0 Å². The molecule has 10 heteroatoms. The Morgan fingerprint density at radius 2 is 1.67 bits per heavy atom. The number of methoxy groups -OCH3 is 1. The minimum Gasteiger partial charge on any atom is -0.465 e. The fourth-order valence-electron chi connectivity index (χ4n) is 5.36. The van der Waals surface area contributed by atoms with Crippen LogP contribution in [0.25, 0.3) is 10.4 Å². The molecule has 0 spiro atoms. The van der Waals surface area contributed by atoms with Crippen LogP contribution in [0.15, 0.2) is 78.9 Å². The molecule has 1 aliphatic heterocycles. The molecule has 5 rings (SSSR count). The van der Waals surface area contributed by atoms with Gasteiger partial charge in [-0.05, 0) is 91.4 Å². The number of esters is 1. The van der Waals surface area contributed by atoms with Crippen molar-refractivity contribution in [3.8, 4) is 21.9 Å². The molecule has 2 atom stereocenters. The smallest absolute Gasteiger partial charge is 0.350 e. The van der Waals surface area contributed by atoms with Crippen LogP contribution in [0.5, 0.6) is 11.5 Å². The van der Waals surface area contributed by atoms with Gasteiger partial charge in [0.05, 0.1) is 29.9 Å². The van der Waals surface area contributed by atoms with Gasteiger partial charge in [0.1, 0.15) is 16.4 Å². The lowest BCUT2D eigenvalue weighted by molar-refractivity contribution is -0.124. The molecule has 1 saturated heterocycles. The van der Waals surface area contributed by atoms with Crippen LogP contribution in [-0.2, 0) is 14.3 Å². The van der Waals surface area contributed by atoms with Gasteiger partial charge in [-0.2, -0.15) is 0 Å². The maximum Gasteiger partial charge on any atom is 0.350 e. The second-order valence-corrected chi connectivity index (χ2v) is 12.8. The monoisotopic (exact) mass is 665 g/mol. The van der Waals surface area contributed by atoms with E-state index in [0.717, 1.165) is 18.4 Å². The van der Waals surface area contributed by atoms with Gasteiger partial charge in [0, 0.05) is 29.0 Å². The second kappa shape index (κ2) is 15.1. The van der Waals surface area contributed by atoms with Crippen LogP contribution < -0.4 is 9.64 Å². The predicted molar refractivity (Wildman–Crippen MR) is 178 cm³/mol. The summed E-state index contributed by atoms with van der Waals surface area (Å²) in [5.74, 6) is -0.0582. The zero-order valence-corrected chi connectivity index (χ0v) is 27.3. The molecule has 0 aliphatic carbocycles. The number of halogens is 2. The maximum absolute atomic E-state index is 14.2. The molecular formula is C35H33Cl2NO6S. The Kier molecular flexibility index (Phi) is 10.9. The summed E-state index contributed by atoms with van der Waals surface area (Å²) in [5.41, 5.74) is 1.24. The van der Waals surface area contributed by atoms with Crippen molar-refractivity contribution < 1.29 is 28.6 Å². The summed E-state index contributed by atoms with van der Waals surface area (Å²) in [6.07, 6.45) is 2.14. The molecule has 1 fully saturated rings. The van der Waals surface area contributed by atoms with Crippen molar-refractivity contribution in [2.75, 3.05) is 31.8 Å². The van der Waals surface area contributed by atoms with Gasteiger partial charge in [-0.3, -0.25) is 14.5 Å². The van der Waals surface area contributed by atoms with Crippen molar-refractivity contribution in [3.05, 3.63) is 99.3 Å². The lowest BCUT2D eigenvalue weighted by atomic mass is 9.83. The fraction of sp³-hybridized carbons (Fsp3) is 0.286. The number of para-hydroxylation sites is 1. The number of nitrogens with zero attached hydrogens (tertiary/aromatic N) is 1. The number of anilines is 1. The summed E-state index contributed by atoms with van der Waals surface area (Å²) in [4.78, 5) is 43.5. The van der Waals surface area contributed by atoms with Crippen LogP contribution in [0.2, 0.25) is 10.0 Å². The van der Waals surface area contributed by atoms with Gasteiger partial charge >= 0.3 is 5.97 Å². The number of benzene rings is 3. The lowest BCUT2D eigenvalue weighted by Gasteiger charge is -2.29. The first-order chi connectivity index (χ1) is 21.7. The van der Waals surface area contributed by atoms with Gasteiger partial charge < -0.3 is 14.2 Å². The average Bonchev–Trinajstić information content (AvgIpc) is 3.47. The molecule has 0 bridgehead atoms. The van der Waals surface area contributed by atoms with Gasteiger partial charge in [-0.1, -0.05) is 48.3 Å². The van der Waals surface area contributed by atoms with E-state index >= 15 is 0 Å². The van der Waals surface area contributed by atoms with E-state index in [9.17, 15) is 14.4 Å². The number of carbonyl (C=O) groups is 3. The van der Waals surface area contributed by atoms with Crippen LogP contribution in [0.1, 0.15) is 46.2 Å². The van der Waals surface area contributed by atoms with Crippen LogP contribution >= 0.6 is 34.5 Å². The van der Waals surface area contributed by atoms with E-state index in [1.54, 1.807) is 12.1 Å². The summed E-state index contributed by atoms with van der Waals surface area (Å²) in [7, 11) is 1.28. The molecule has 0 radical (unpaired) electrons. The van der Waals surface area contributed by atoms with E-state index in [2.05, 4.69) is 0 Å². The largest absolute Gasteiger partial charge is 0.465 e. The SMILES string of the molecule is COC(=O)c1sc(-c2ccc(Oc3ccccc3)cc2)cc1N(CC(=O)C1CCCOCCC1C)C(=O)c1ccc(Cl)cc1Cl. The first kappa shape index (κ1) is 32.7. The Hall–Kier alpha value is -3.69. The van der Waals surface area contributed by atoms with E-state index in [1.807, 2.05) is 61.5 Å². The summed E-state index contributed by atoms with van der Waals surface area (Å²) in [6.45, 7) is 2.98. The van der Waals surface area contributed by atoms with E-state index < -0.39 is 11.9 Å². The molecule has 0 saturated carbocycles. The lowest BCUT2D eigenvalue weighted by Crippen LogP contribution is -2.40. The van der Waals surface area contributed by atoms with Crippen molar-refractivity contribution in [1.82, 2.24) is 0 Å². The first-order valence-electron chi connectivity index (χ1n) is 14.7. The highest BCUT2D eigenvalue weighted by Crippen LogP contribution is 2.40. The number of hydrogen-bond acceptors (Lipinski definition) is 7. The normalized spacial score (nSPS) is 16.7. The molecule has 1 amide bonds. The molecular weight excluding hydrogens is 633 g/mol. The van der Waals surface area contributed by atoms with Crippen molar-refractivity contribution in [3.63, 3.8) is 0 Å². The number of amides is 1. The van der Waals surface area contributed by atoms with Crippen LogP contribution in [0, 0.1) is 11.8 Å². The van der Waals surface area contributed by atoms with Gasteiger partial charge in [0.25, 0.3) is 5.91 Å². The molecule has 2 unspecified atom stereocenters. The van der Waals surface area contributed by atoms with Crippen molar-refractivity contribution in [2.24, 2.45) is 11.8 Å². The Bertz CT molecular complexity index is 1660. The third-order valence-electron chi connectivity index (χ3n) is 7.83. The molecule has 0 N–H and O–H groups in total. The Balaban J connectivity index is 1.53. The molecule has 45 heavy (non-hydrogen) atoms. The number of hydrogen-bond donors (Lipinski definition) is 0. The Labute approximate surface area is 276 Å². The van der Waals surface area contributed by atoms with E-state index in [1.165, 1.54) is 35.5 Å². The highest BCUT2D eigenvalue weighted by Gasteiger charge is 2.33. The third kappa shape index (κ3) is 7.94. The standard InChI is InChI=1S/C35H33Cl2NO6S/c1-22-16-18-43-17-6-9-27(22)31(39)21-38(34(40)28-15-12-24(36)19-29(28)37)30-20-32(45-33(30)35(41)42-2)23-10-13-26(14-11-23)44-25-7-4-3-5-8-25/h3-5,7-8,10-15,19-20,22,27H,6,9,16-18,21H2,1-2H3. The highest BCUT2D eigenvalue weighted by molar-refractivity contribution is 7.18. The maximum atomic E-state index is 14.2. The third-order valence-corrected chi connectivity index (χ3v) is 9.54. The summed E-state index contributed by atoms with van der Waals surface area (Å²) < 4.78 is 16.7. The van der Waals surface area contributed by atoms with Gasteiger partial charge in [-0.25, -0.2) is 4.79 Å². The van der Waals surface area contributed by atoms with E-state index in [-0.39, 0.29) is 45.3 Å². The van der Waals surface area contributed by atoms with Crippen molar-refractivity contribution in [2.45, 2.75) is 26.2 Å². The van der Waals surface area contributed by atoms with Crippen molar-refractivity contribution in [1.29, 1.82) is 0 Å². The number of rotatable bonds is 9. The zero-order valence-electron chi connectivity index (χ0n) is 25.0. The number of ether oxygens (including phenoxy) is 3. The fourth-order valence-corrected chi connectivity index (χ4v) is 6.94. The number of Topliss-reactive ketones (excluding diaryl/α,β-unsaturated/α-hetero) is 1. The molecule has 2 heterocycles. The van der Waals surface area contributed by atoms with Gasteiger partial charge in [0.15, 0.2) is 5.78 Å². The van der Waals surface area contributed by atoms with E-state index in [0.29, 0.717) is 41.0 Å². The minimum atomic E-state index is -0.616. The molecule has 234 valence electrons. The quantitative estimate of drug-likeness (QED) is 0.166. The van der Waals surface area contributed by atoms with E-state index in [4.69, 9.17) is 37.4 Å². The summed E-state index contributed by atoms with van der Waals surface area (Å²) in [5, 5.41) is 0.517. The van der Waals surface area contributed by atoms with Crippen LogP contribution in [-0.4, -0.2) is 44.5 Å². The molecule has 1 aromatic heterocycles. The minimum absolute atomic E-state index is 0.0728. The predicted octanol–water partition coefficient (Wildman–Crippen LogP) is 8.97. The van der Waals surface area contributed by atoms with Gasteiger partial charge in [-0.15, -0.1) is 11.3 Å². The topological polar surface area (TPSA) is 82.1 Å². The Morgan fingerprint density at radius 3 is 2.38 bits per heavy atom. The number of ketones is 1. The molecule has 3 aromatic carbocycles.